The molecule has 0 bridgehead atoms. The summed E-state index contributed by atoms with van der Waals surface area (Å²) >= 11 is 0. The molecule has 64 valence electrons. The number of allylic oxidation sites excluding steroid dienone is 2. The molecule has 13 heavy (non-hydrogen) atoms. The summed E-state index contributed by atoms with van der Waals surface area (Å²) < 4.78 is 0. The van der Waals surface area contributed by atoms with Gasteiger partial charge >= 0.3 is 0 Å². The molecule has 0 aliphatic heterocycles. The Morgan fingerprint density at radius 2 is 2.31 bits per heavy atom. The van der Waals surface area contributed by atoms with Crippen LogP contribution < -0.4 is 0 Å². The van der Waals surface area contributed by atoms with Crippen molar-refractivity contribution in [2.24, 2.45) is 0 Å². The Labute approximate surface area is 77.1 Å². The minimum absolute atomic E-state index is 0.608. The molecule has 0 heterocycles. The summed E-state index contributed by atoms with van der Waals surface area (Å²) in [6.07, 6.45) is 2.23. The molecule has 0 unspecified atom stereocenters. The van der Waals surface area contributed by atoms with E-state index in [2.05, 4.69) is 0 Å². The molecule has 0 saturated heterocycles. The Morgan fingerprint density at radius 3 is 2.92 bits per heavy atom. The van der Waals surface area contributed by atoms with Crippen molar-refractivity contribution in [3.8, 4) is 6.07 Å². The maximum atomic E-state index is 10.2. The monoisotopic (exact) mass is 171 g/mol. The number of carbonyl (C=O) groups is 1. The average Bonchev–Trinajstić information content (AvgIpc) is 2.18. The summed E-state index contributed by atoms with van der Waals surface area (Å²) in [6, 6.07) is 9.21. The van der Waals surface area contributed by atoms with Gasteiger partial charge in [-0.05, 0) is 36.3 Å². The summed E-state index contributed by atoms with van der Waals surface area (Å²) in [5.74, 6) is 0. The lowest BCUT2D eigenvalue weighted by atomic mass is 10.1. The van der Waals surface area contributed by atoms with Crippen molar-refractivity contribution in [2.45, 2.75) is 6.92 Å². The second-order valence-electron chi connectivity index (χ2n) is 2.68. The second kappa shape index (κ2) is 4.22. The van der Waals surface area contributed by atoms with E-state index in [1.165, 1.54) is 6.08 Å². The van der Waals surface area contributed by atoms with Crippen molar-refractivity contribution < 1.29 is 4.79 Å². The van der Waals surface area contributed by atoms with Crippen LogP contribution in [0.3, 0.4) is 0 Å². The van der Waals surface area contributed by atoms with Gasteiger partial charge in [0.2, 0.25) is 0 Å². The molecule has 0 aromatic heterocycles. The zero-order chi connectivity index (χ0) is 9.68. The Hall–Kier alpha value is -1.88. The van der Waals surface area contributed by atoms with E-state index in [1.54, 1.807) is 18.2 Å². The highest BCUT2D eigenvalue weighted by molar-refractivity contribution is 5.80. The molecule has 0 aliphatic rings. The Morgan fingerprint density at radius 1 is 1.54 bits per heavy atom. The van der Waals surface area contributed by atoms with Crippen LogP contribution in [0.25, 0.3) is 5.57 Å². The van der Waals surface area contributed by atoms with Gasteiger partial charge in [-0.3, -0.25) is 4.79 Å². The minimum Gasteiger partial charge on any atom is -0.299 e. The molecule has 1 aromatic carbocycles. The summed E-state index contributed by atoms with van der Waals surface area (Å²) in [7, 11) is 0. The van der Waals surface area contributed by atoms with Crippen LogP contribution in [0.15, 0.2) is 30.3 Å². The lowest BCUT2D eigenvalue weighted by Gasteiger charge is -1.99. The van der Waals surface area contributed by atoms with Crippen LogP contribution in [0.4, 0.5) is 0 Å². The van der Waals surface area contributed by atoms with Crippen LogP contribution in [0.1, 0.15) is 18.1 Å². The van der Waals surface area contributed by atoms with Gasteiger partial charge in [0.15, 0.2) is 0 Å². The van der Waals surface area contributed by atoms with E-state index in [9.17, 15) is 4.79 Å². The van der Waals surface area contributed by atoms with Gasteiger partial charge in [-0.25, -0.2) is 0 Å². The van der Waals surface area contributed by atoms with Crippen molar-refractivity contribution in [3.63, 3.8) is 0 Å². The standard InChI is InChI=1S/C11H9NO/c1-9(5-6-13)11-4-2-3-10(7-11)8-12/h2-7H,1H3. The Balaban J connectivity index is 3.10. The number of hydrogen-bond donors (Lipinski definition) is 0. The minimum atomic E-state index is 0.608. The molecule has 0 aliphatic carbocycles. The van der Waals surface area contributed by atoms with Gasteiger partial charge in [0, 0.05) is 0 Å². The molecule has 0 saturated carbocycles. The summed E-state index contributed by atoms with van der Waals surface area (Å²) in [4.78, 5) is 10.2. The number of rotatable bonds is 2. The molecule has 0 fully saturated rings. The van der Waals surface area contributed by atoms with Crippen LogP contribution in [-0.4, -0.2) is 6.29 Å². The molecule has 0 radical (unpaired) electrons. The summed E-state index contributed by atoms with van der Waals surface area (Å²) in [6.45, 7) is 1.84. The van der Waals surface area contributed by atoms with Crippen molar-refractivity contribution in [1.29, 1.82) is 5.26 Å². The molecule has 0 spiro atoms. The van der Waals surface area contributed by atoms with Crippen molar-refractivity contribution in [3.05, 3.63) is 41.5 Å². The molecule has 0 atom stereocenters. The first-order chi connectivity index (χ1) is 6.27. The van der Waals surface area contributed by atoms with E-state index in [4.69, 9.17) is 5.26 Å². The zero-order valence-electron chi connectivity index (χ0n) is 7.32. The van der Waals surface area contributed by atoms with Gasteiger partial charge < -0.3 is 0 Å². The molecular weight excluding hydrogens is 162 g/mol. The number of aldehydes is 1. The quantitative estimate of drug-likeness (QED) is 0.505. The van der Waals surface area contributed by atoms with Gasteiger partial charge in [0.25, 0.3) is 0 Å². The lowest BCUT2D eigenvalue weighted by Crippen LogP contribution is -1.82. The molecule has 1 rings (SSSR count). The van der Waals surface area contributed by atoms with Gasteiger partial charge in [0.1, 0.15) is 6.29 Å². The zero-order valence-corrected chi connectivity index (χ0v) is 7.32. The number of nitriles is 1. The number of nitrogens with zero attached hydrogens (tertiary/aromatic N) is 1. The van der Waals surface area contributed by atoms with Crippen LogP contribution >= 0.6 is 0 Å². The summed E-state index contributed by atoms with van der Waals surface area (Å²) in [5.41, 5.74) is 2.38. The first kappa shape index (κ1) is 9.21. The molecule has 2 heteroatoms. The van der Waals surface area contributed by atoms with Crippen molar-refractivity contribution >= 4 is 11.9 Å². The van der Waals surface area contributed by atoms with Crippen LogP contribution in [0, 0.1) is 11.3 Å². The van der Waals surface area contributed by atoms with Gasteiger partial charge in [-0.15, -0.1) is 0 Å². The van der Waals surface area contributed by atoms with Crippen LogP contribution in [0.2, 0.25) is 0 Å². The fourth-order valence-electron chi connectivity index (χ4n) is 1.03. The fourth-order valence-corrected chi connectivity index (χ4v) is 1.03. The maximum Gasteiger partial charge on any atom is 0.143 e. The summed E-state index contributed by atoms with van der Waals surface area (Å²) in [5, 5.41) is 8.63. The van der Waals surface area contributed by atoms with Crippen molar-refractivity contribution in [2.75, 3.05) is 0 Å². The van der Waals surface area contributed by atoms with Crippen LogP contribution in [-0.2, 0) is 4.79 Å². The van der Waals surface area contributed by atoms with E-state index in [0.29, 0.717) is 5.56 Å². The normalized spacial score (nSPS) is 10.6. The highest BCUT2D eigenvalue weighted by Gasteiger charge is 1.96. The molecule has 0 N–H and O–H groups in total. The van der Waals surface area contributed by atoms with Crippen molar-refractivity contribution in [1.82, 2.24) is 0 Å². The molecule has 2 nitrogen and oxygen atoms in total. The van der Waals surface area contributed by atoms with Gasteiger partial charge in [-0.2, -0.15) is 5.26 Å². The largest absolute Gasteiger partial charge is 0.299 e. The number of carbonyl (C=O) groups excluding carboxylic acids is 1. The smallest absolute Gasteiger partial charge is 0.143 e. The van der Waals surface area contributed by atoms with E-state index in [-0.39, 0.29) is 0 Å². The van der Waals surface area contributed by atoms with E-state index >= 15 is 0 Å². The SMILES string of the molecule is CC(=CC=O)c1cccc(C#N)c1. The first-order valence-corrected chi connectivity index (χ1v) is 3.90. The third-order valence-corrected chi connectivity index (χ3v) is 1.77. The second-order valence-corrected chi connectivity index (χ2v) is 2.68. The predicted molar refractivity (Wildman–Crippen MR) is 50.9 cm³/mol. The lowest BCUT2D eigenvalue weighted by molar-refractivity contribution is -0.104. The highest BCUT2D eigenvalue weighted by Crippen LogP contribution is 2.13. The van der Waals surface area contributed by atoms with E-state index in [1.807, 2.05) is 19.1 Å². The van der Waals surface area contributed by atoms with E-state index in [0.717, 1.165) is 17.4 Å². The third kappa shape index (κ3) is 2.28. The first-order valence-electron chi connectivity index (χ1n) is 3.90. The third-order valence-electron chi connectivity index (χ3n) is 1.77. The van der Waals surface area contributed by atoms with Gasteiger partial charge in [0.05, 0.1) is 11.6 Å². The molecule has 0 amide bonds. The Bertz CT molecular complexity index is 385. The highest BCUT2D eigenvalue weighted by atomic mass is 16.1. The Kier molecular flexibility index (Phi) is 2.99. The van der Waals surface area contributed by atoms with E-state index < -0.39 is 0 Å². The predicted octanol–water partition coefficient (Wildman–Crippen LogP) is 2.16. The average molecular weight is 171 g/mol. The maximum absolute atomic E-state index is 10.2. The molecular formula is C11H9NO. The topological polar surface area (TPSA) is 40.9 Å². The van der Waals surface area contributed by atoms with Crippen LogP contribution in [0.5, 0.6) is 0 Å². The van der Waals surface area contributed by atoms with Gasteiger partial charge in [-0.1, -0.05) is 12.1 Å². The fraction of sp³-hybridized carbons (Fsp3) is 0.0909. The molecule has 1 aromatic rings. The number of benzene rings is 1. The number of hydrogen-bond acceptors (Lipinski definition) is 2.